The minimum Gasteiger partial charge on any atom is -0.508 e. The Balaban J connectivity index is 1.20. The number of hydrogen-bond donors (Lipinski definition) is 4. The number of hydrogen-bond acceptors (Lipinski definition) is 7. The number of benzene rings is 1. The van der Waals surface area contributed by atoms with Crippen molar-refractivity contribution in [3.8, 4) is 39.8 Å². The molecule has 0 spiro atoms. The summed E-state index contributed by atoms with van der Waals surface area (Å²) in [5, 5.41) is 20.4. The molecule has 1 amide bonds. The van der Waals surface area contributed by atoms with Crippen molar-refractivity contribution in [1.29, 1.82) is 0 Å². The van der Waals surface area contributed by atoms with Gasteiger partial charge in [0.1, 0.15) is 22.6 Å². The van der Waals surface area contributed by atoms with Gasteiger partial charge in [0.05, 0.1) is 34.3 Å². The lowest BCUT2D eigenvalue weighted by Crippen LogP contribution is -2.18. The lowest BCUT2D eigenvalue weighted by atomic mass is 9.87. The van der Waals surface area contributed by atoms with E-state index in [1.807, 2.05) is 18.2 Å². The molecular formula is C31H27FN8O2. The second kappa shape index (κ2) is 10.7. The highest BCUT2D eigenvalue weighted by Gasteiger charge is 2.19. The van der Waals surface area contributed by atoms with E-state index in [9.17, 15) is 14.3 Å². The van der Waals surface area contributed by atoms with Crippen molar-refractivity contribution in [3.63, 3.8) is 0 Å². The Bertz CT molecular complexity index is 1920. The van der Waals surface area contributed by atoms with E-state index in [0.29, 0.717) is 68.6 Å². The highest BCUT2D eigenvalue weighted by Crippen LogP contribution is 2.32. The van der Waals surface area contributed by atoms with Crippen LogP contribution in [0, 0.1) is 11.7 Å². The summed E-state index contributed by atoms with van der Waals surface area (Å²) >= 11 is 0. The average molecular weight is 563 g/mol. The number of nitrogens with zero attached hydrogens (tertiary/aromatic N) is 5. The van der Waals surface area contributed by atoms with Crippen LogP contribution in [0.15, 0.2) is 61.1 Å². The first-order chi connectivity index (χ1) is 20.5. The van der Waals surface area contributed by atoms with E-state index in [-0.39, 0.29) is 11.7 Å². The van der Waals surface area contributed by atoms with Gasteiger partial charge < -0.3 is 15.4 Å². The number of phenols is 1. The number of pyridine rings is 3. The quantitative estimate of drug-likeness (QED) is 0.184. The predicted molar refractivity (Wildman–Crippen MR) is 157 cm³/mol. The molecule has 5 aromatic heterocycles. The molecule has 0 saturated heterocycles. The number of amides is 1. The fourth-order valence-corrected chi connectivity index (χ4v) is 5.71. The van der Waals surface area contributed by atoms with Crippen LogP contribution in [0.5, 0.6) is 5.75 Å². The Morgan fingerprint density at radius 2 is 1.81 bits per heavy atom. The van der Waals surface area contributed by atoms with Gasteiger partial charge in [0.25, 0.3) is 0 Å². The fraction of sp³-hybridized carbons (Fsp3) is 0.226. The molecule has 210 valence electrons. The van der Waals surface area contributed by atoms with Gasteiger partial charge in [0.2, 0.25) is 5.91 Å². The smallest absolute Gasteiger partial charge is 0.224 e. The molecule has 1 saturated carbocycles. The maximum atomic E-state index is 14.0. The lowest BCUT2D eigenvalue weighted by molar-refractivity contribution is -0.117. The first kappa shape index (κ1) is 25.8. The van der Waals surface area contributed by atoms with Crippen molar-refractivity contribution in [2.24, 2.45) is 5.92 Å². The van der Waals surface area contributed by atoms with Gasteiger partial charge in [0, 0.05) is 36.0 Å². The van der Waals surface area contributed by atoms with Crippen LogP contribution in [-0.2, 0) is 4.79 Å². The molecule has 6 aromatic rings. The van der Waals surface area contributed by atoms with Crippen LogP contribution in [-0.4, -0.2) is 46.1 Å². The van der Waals surface area contributed by atoms with Crippen molar-refractivity contribution in [2.75, 3.05) is 5.32 Å². The number of aromatic amines is 2. The van der Waals surface area contributed by atoms with E-state index in [2.05, 4.69) is 30.5 Å². The van der Waals surface area contributed by atoms with Gasteiger partial charge in [0.15, 0.2) is 11.5 Å². The monoisotopic (exact) mass is 562 g/mol. The summed E-state index contributed by atoms with van der Waals surface area (Å²) in [4.78, 5) is 34.3. The molecule has 7 rings (SSSR count). The number of fused-ring (bicyclic) bond motifs is 2. The van der Waals surface area contributed by atoms with Gasteiger partial charge in [-0.15, -0.1) is 0 Å². The minimum atomic E-state index is -0.572. The number of carbonyl (C=O) groups excluding carboxylic acids is 1. The highest BCUT2D eigenvalue weighted by atomic mass is 19.1. The number of imidazole rings is 1. The van der Waals surface area contributed by atoms with Crippen LogP contribution in [0.4, 0.5) is 10.1 Å². The fourth-order valence-electron chi connectivity index (χ4n) is 5.71. The van der Waals surface area contributed by atoms with E-state index in [4.69, 9.17) is 9.97 Å². The zero-order valence-electron chi connectivity index (χ0n) is 22.6. The zero-order chi connectivity index (χ0) is 28.6. The van der Waals surface area contributed by atoms with E-state index < -0.39 is 5.82 Å². The zero-order valence-corrected chi connectivity index (χ0v) is 22.6. The predicted octanol–water partition coefficient (Wildman–Crippen LogP) is 6.38. The summed E-state index contributed by atoms with van der Waals surface area (Å²) in [7, 11) is 0. The number of phenolic OH excluding ortho intramolecular Hbond substituents is 1. The summed E-state index contributed by atoms with van der Waals surface area (Å²) in [6.45, 7) is 0. The number of rotatable bonds is 6. The molecule has 42 heavy (non-hydrogen) atoms. The molecule has 5 heterocycles. The third kappa shape index (κ3) is 5.05. The molecular weight excluding hydrogens is 535 g/mol. The largest absolute Gasteiger partial charge is 0.508 e. The number of aromatic hydroxyl groups is 1. The third-order valence-corrected chi connectivity index (χ3v) is 7.71. The first-order valence-electron chi connectivity index (χ1n) is 14.0. The highest BCUT2D eigenvalue weighted by molar-refractivity contribution is 5.95. The molecule has 11 heteroatoms. The van der Waals surface area contributed by atoms with Crippen LogP contribution < -0.4 is 5.32 Å². The average Bonchev–Trinajstić information content (AvgIpc) is 3.61. The number of anilines is 1. The summed E-state index contributed by atoms with van der Waals surface area (Å²) < 4.78 is 14.0. The van der Waals surface area contributed by atoms with Crippen LogP contribution >= 0.6 is 0 Å². The molecule has 1 aliphatic carbocycles. The molecule has 1 aromatic carbocycles. The SMILES string of the molecule is O=C(CC1CCCCC1)Nc1cncc(-c2ccc3[nH]nc(-c4nc5c(-c6cc(O)cc(F)c6)nccc5[nH]4)c3n2)c1. The van der Waals surface area contributed by atoms with E-state index >= 15 is 0 Å². The molecule has 10 nitrogen and oxygen atoms in total. The Morgan fingerprint density at radius 1 is 0.952 bits per heavy atom. The van der Waals surface area contributed by atoms with E-state index in [1.54, 1.807) is 24.7 Å². The van der Waals surface area contributed by atoms with Gasteiger partial charge in [-0.1, -0.05) is 19.3 Å². The van der Waals surface area contributed by atoms with Crippen molar-refractivity contribution in [1.82, 2.24) is 35.1 Å². The number of aromatic nitrogens is 7. The van der Waals surface area contributed by atoms with Gasteiger partial charge in [-0.2, -0.15) is 5.10 Å². The van der Waals surface area contributed by atoms with Crippen LogP contribution in [0.2, 0.25) is 0 Å². The van der Waals surface area contributed by atoms with Crippen LogP contribution in [0.1, 0.15) is 38.5 Å². The standard InChI is InChI=1S/C31H27FN8O2/c32-20-11-18(13-22(41)14-20)27-28-24(8-9-34-27)37-31(38-28)30-29-25(39-40-30)7-6-23(36-29)19-12-21(16-33-15-19)35-26(42)10-17-4-2-1-3-5-17/h6-9,11-17,41H,1-5,10H2,(H,35,42)(H,37,38)(H,39,40). The number of H-pyrrole nitrogens is 2. The van der Waals surface area contributed by atoms with E-state index in [0.717, 1.165) is 24.5 Å². The summed E-state index contributed by atoms with van der Waals surface area (Å²) in [6.07, 6.45) is 11.3. The maximum absolute atomic E-state index is 14.0. The summed E-state index contributed by atoms with van der Waals surface area (Å²) in [6, 6.07) is 11.2. The van der Waals surface area contributed by atoms with Crippen LogP contribution in [0.25, 0.3) is 56.1 Å². The number of carbonyl (C=O) groups is 1. The van der Waals surface area contributed by atoms with Crippen molar-refractivity contribution < 1.29 is 14.3 Å². The topological polar surface area (TPSA) is 145 Å². The Kier molecular flexibility index (Phi) is 6.54. The van der Waals surface area contributed by atoms with Crippen molar-refractivity contribution in [2.45, 2.75) is 38.5 Å². The maximum Gasteiger partial charge on any atom is 0.224 e. The summed E-state index contributed by atoms with van der Waals surface area (Å²) in [5.41, 5.74) is 5.86. The molecule has 0 unspecified atom stereocenters. The Labute approximate surface area is 239 Å². The Hall–Kier alpha value is -5.19. The second-order valence-corrected chi connectivity index (χ2v) is 10.7. The van der Waals surface area contributed by atoms with Gasteiger partial charge in [-0.3, -0.25) is 19.9 Å². The number of nitrogens with one attached hydrogen (secondary N) is 3. The van der Waals surface area contributed by atoms with Gasteiger partial charge in [-0.25, -0.2) is 14.4 Å². The van der Waals surface area contributed by atoms with Gasteiger partial charge >= 0.3 is 0 Å². The molecule has 0 radical (unpaired) electrons. The molecule has 0 aliphatic heterocycles. The van der Waals surface area contributed by atoms with Crippen molar-refractivity contribution >= 4 is 33.7 Å². The first-order valence-corrected chi connectivity index (χ1v) is 14.0. The molecule has 0 bridgehead atoms. The van der Waals surface area contributed by atoms with Crippen molar-refractivity contribution in [3.05, 3.63) is 66.9 Å². The van der Waals surface area contributed by atoms with Gasteiger partial charge in [-0.05, 0) is 55.2 Å². The minimum absolute atomic E-state index is 0.00794. The summed E-state index contributed by atoms with van der Waals surface area (Å²) in [5.74, 6) is 0.143. The normalized spacial score (nSPS) is 14.0. The second-order valence-electron chi connectivity index (χ2n) is 10.7. The molecule has 1 aliphatic rings. The van der Waals surface area contributed by atoms with E-state index in [1.165, 1.54) is 31.4 Å². The molecule has 0 atom stereocenters. The van der Waals surface area contributed by atoms with Crippen LogP contribution in [0.3, 0.4) is 0 Å². The lowest BCUT2D eigenvalue weighted by Gasteiger charge is -2.20. The molecule has 1 fully saturated rings. The number of halogens is 1. The molecule has 4 N–H and O–H groups in total. The Morgan fingerprint density at radius 3 is 2.67 bits per heavy atom. The third-order valence-electron chi connectivity index (χ3n) is 7.71.